The number of rotatable bonds is 6. The van der Waals surface area contributed by atoms with Crippen molar-refractivity contribution >= 4 is 9.84 Å². The molecule has 0 aliphatic carbocycles. The average Bonchev–Trinajstić information content (AvgIpc) is 2.48. The number of ether oxygens (including phenoxy) is 1. The monoisotopic (exact) mass is 313 g/mol. The van der Waals surface area contributed by atoms with Gasteiger partial charge in [0.2, 0.25) is 0 Å². The van der Waals surface area contributed by atoms with Gasteiger partial charge in [-0.15, -0.1) is 0 Å². The molecule has 1 saturated heterocycles. The fraction of sp³-hybridized carbons (Fsp3) is 0.643. The maximum absolute atomic E-state index is 12.3. The van der Waals surface area contributed by atoms with Gasteiger partial charge in [0, 0.05) is 6.20 Å². The Morgan fingerprint density at radius 3 is 2.95 bits per heavy atom. The van der Waals surface area contributed by atoms with Crippen molar-refractivity contribution in [2.45, 2.75) is 43.9 Å². The van der Waals surface area contributed by atoms with Crippen LogP contribution in [0, 0.1) is 0 Å². The molecule has 2 unspecified atom stereocenters. The Balaban J connectivity index is 2.24. The van der Waals surface area contributed by atoms with Gasteiger partial charge in [0.1, 0.15) is 5.75 Å². The fourth-order valence-electron chi connectivity index (χ4n) is 2.68. The molecule has 1 aliphatic heterocycles. The molecule has 1 fully saturated rings. The van der Waals surface area contributed by atoms with Gasteiger partial charge in [-0.25, -0.2) is 8.42 Å². The number of nitrogens with one attached hydrogen (secondary N) is 1. The van der Waals surface area contributed by atoms with Crippen molar-refractivity contribution in [3.8, 4) is 5.75 Å². The lowest BCUT2D eigenvalue weighted by atomic mass is 10.0. The van der Waals surface area contributed by atoms with E-state index < -0.39 is 21.1 Å². The smallest absolute Gasteiger partial charge is 0.155 e. The Morgan fingerprint density at radius 2 is 2.29 bits per heavy atom. The van der Waals surface area contributed by atoms with Crippen molar-refractivity contribution in [1.82, 2.24) is 10.4 Å². The lowest BCUT2D eigenvalue weighted by Gasteiger charge is -2.29. The van der Waals surface area contributed by atoms with Crippen molar-refractivity contribution in [2.75, 3.05) is 12.4 Å². The van der Waals surface area contributed by atoms with Gasteiger partial charge in [-0.05, 0) is 30.9 Å². The van der Waals surface area contributed by atoms with Gasteiger partial charge < -0.3 is 4.74 Å². The molecule has 2 atom stereocenters. The van der Waals surface area contributed by atoms with Gasteiger partial charge in [0.25, 0.3) is 0 Å². The highest BCUT2D eigenvalue weighted by Crippen LogP contribution is 2.31. The molecule has 2 heterocycles. The Morgan fingerprint density at radius 1 is 1.48 bits per heavy atom. The van der Waals surface area contributed by atoms with Crippen LogP contribution in [0.3, 0.4) is 0 Å². The summed E-state index contributed by atoms with van der Waals surface area (Å²) in [7, 11) is -3.12. The molecule has 0 amide bonds. The van der Waals surface area contributed by atoms with Crippen LogP contribution in [0.1, 0.15) is 44.2 Å². The van der Waals surface area contributed by atoms with Crippen LogP contribution in [0.25, 0.3) is 0 Å². The molecule has 7 heteroatoms. The number of nitrogens with two attached hydrogens (primary N) is 1. The molecule has 118 valence electrons. The molecule has 0 aromatic carbocycles. The Labute approximate surface area is 126 Å². The number of hydrogen-bond donors (Lipinski definition) is 2. The fourth-order valence-corrected chi connectivity index (χ4v) is 4.76. The molecule has 0 radical (unpaired) electrons. The normalized spacial score (nSPS) is 22.7. The van der Waals surface area contributed by atoms with E-state index in [9.17, 15) is 8.42 Å². The Bertz CT molecular complexity index is 562. The summed E-state index contributed by atoms with van der Waals surface area (Å²) in [4.78, 5) is 4.13. The maximum Gasteiger partial charge on any atom is 0.155 e. The first-order valence-electron chi connectivity index (χ1n) is 7.34. The molecule has 0 spiro atoms. The highest BCUT2D eigenvalue weighted by atomic mass is 32.2. The second-order valence-corrected chi connectivity index (χ2v) is 7.69. The van der Waals surface area contributed by atoms with Crippen molar-refractivity contribution in [3.63, 3.8) is 0 Å². The second-order valence-electron chi connectivity index (χ2n) is 5.35. The predicted octanol–water partition coefficient (Wildman–Crippen LogP) is 1.34. The minimum absolute atomic E-state index is 0.231. The lowest BCUT2D eigenvalue weighted by molar-refractivity contribution is 0.315. The second kappa shape index (κ2) is 7.20. The molecule has 1 aromatic rings. The van der Waals surface area contributed by atoms with Crippen LogP contribution < -0.4 is 16.0 Å². The van der Waals surface area contributed by atoms with Crippen LogP contribution in [0.15, 0.2) is 18.5 Å². The maximum atomic E-state index is 12.3. The summed E-state index contributed by atoms with van der Waals surface area (Å²) in [6.45, 7) is 2.63. The van der Waals surface area contributed by atoms with E-state index in [4.69, 9.17) is 10.6 Å². The number of hydrogen-bond acceptors (Lipinski definition) is 6. The topological polar surface area (TPSA) is 94.3 Å². The van der Waals surface area contributed by atoms with Gasteiger partial charge in [-0.1, -0.05) is 13.3 Å². The summed E-state index contributed by atoms with van der Waals surface area (Å²) in [5.41, 5.74) is 3.40. The van der Waals surface area contributed by atoms with Gasteiger partial charge in [0.15, 0.2) is 9.84 Å². The summed E-state index contributed by atoms with van der Waals surface area (Å²) < 4.78 is 30.1. The molecule has 6 nitrogen and oxygen atoms in total. The summed E-state index contributed by atoms with van der Waals surface area (Å²) >= 11 is 0. The zero-order chi connectivity index (χ0) is 15.3. The average molecular weight is 313 g/mol. The van der Waals surface area contributed by atoms with Gasteiger partial charge in [-0.2, -0.15) is 0 Å². The number of pyridine rings is 1. The Hall–Kier alpha value is -1.18. The summed E-state index contributed by atoms with van der Waals surface area (Å²) in [6, 6.07) is 1.37. The first kappa shape index (κ1) is 16.2. The van der Waals surface area contributed by atoms with Crippen LogP contribution in [0.4, 0.5) is 0 Å². The third kappa shape index (κ3) is 3.93. The van der Waals surface area contributed by atoms with E-state index >= 15 is 0 Å². The van der Waals surface area contributed by atoms with Crippen LogP contribution in [0.5, 0.6) is 5.75 Å². The molecule has 0 saturated carbocycles. The standard InChI is InChI=1S/C14H23N3O3S/c1-2-6-20-12-8-11(9-16-10-12)14(17-15)13-5-3-4-7-21(13,18)19/h8-10,13-14,17H,2-7,15H2,1H3. The van der Waals surface area contributed by atoms with Crippen LogP contribution >= 0.6 is 0 Å². The van der Waals surface area contributed by atoms with Crippen molar-refractivity contribution in [3.05, 3.63) is 24.0 Å². The highest BCUT2D eigenvalue weighted by Gasteiger charge is 2.36. The Kier molecular flexibility index (Phi) is 5.55. The van der Waals surface area contributed by atoms with Gasteiger partial charge >= 0.3 is 0 Å². The van der Waals surface area contributed by atoms with E-state index in [0.29, 0.717) is 18.8 Å². The molecule has 21 heavy (non-hydrogen) atoms. The minimum atomic E-state index is -3.12. The number of hydrazine groups is 1. The summed E-state index contributed by atoms with van der Waals surface area (Å²) in [6.07, 6.45) is 6.43. The van der Waals surface area contributed by atoms with E-state index in [1.165, 1.54) is 0 Å². The van der Waals surface area contributed by atoms with Crippen molar-refractivity contribution in [2.24, 2.45) is 5.84 Å². The van der Waals surface area contributed by atoms with Gasteiger partial charge in [0.05, 0.1) is 29.8 Å². The summed E-state index contributed by atoms with van der Waals surface area (Å²) in [5, 5.41) is -0.500. The SMILES string of the molecule is CCCOc1cncc(C(NN)C2CCCCS2(=O)=O)c1. The van der Waals surface area contributed by atoms with Gasteiger partial charge in [-0.3, -0.25) is 16.3 Å². The van der Waals surface area contributed by atoms with Crippen LogP contribution in [0.2, 0.25) is 0 Å². The summed E-state index contributed by atoms with van der Waals surface area (Å²) in [5.74, 6) is 6.50. The van der Waals surface area contributed by atoms with E-state index in [2.05, 4.69) is 10.4 Å². The van der Waals surface area contributed by atoms with E-state index in [-0.39, 0.29) is 5.75 Å². The molecule has 1 aromatic heterocycles. The van der Waals surface area contributed by atoms with Crippen molar-refractivity contribution in [1.29, 1.82) is 0 Å². The molecule has 2 rings (SSSR count). The molecular weight excluding hydrogens is 290 g/mol. The molecule has 0 bridgehead atoms. The van der Waals surface area contributed by atoms with Crippen LogP contribution in [-0.4, -0.2) is 31.0 Å². The molecule has 1 aliphatic rings. The number of nitrogens with zero attached hydrogens (tertiary/aromatic N) is 1. The number of aromatic nitrogens is 1. The first-order valence-corrected chi connectivity index (χ1v) is 9.05. The predicted molar refractivity (Wildman–Crippen MR) is 81.5 cm³/mol. The van der Waals surface area contributed by atoms with Crippen molar-refractivity contribution < 1.29 is 13.2 Å². The van der Waals surface area contributed by atoms with Crippen LogP contribution in [-0.2, 0) is 9.84 Å². The zero-order valence-electron chi connectivity index (χ0n) is 12.3. The zero-order valence-corrected chi connectivity index (χ0v) is 13.1. The van der Waals surface area contributed by atoms with E-state index in [1.54, 1.807) is 12.4 Å². The molecule has 3 N–H and O–H groups in total. The quantitative estimate of drug-likeness (QED) is 0.608. The minimum Gasteiger partial charge on any atom is -0.492 e. The molecular formula is C14H23N3O3S. The van der Waals surface area contributed by atoms with E-state index in [1.807, 2.05) is 13.0 Å². The number of sulfone groups is 1. The lowest BCUT2D eigenvalue weighted by Crippen LogP contribution is -2.43. The largest absolute Gasteiger partial charge is 0.492 e. The first-order chi connectivity index (χ1) is 10.1. The highest BCUT2D eigenvalue weighted by molar-refractivity contribution is 7.92. The van der Waals surface area contributed by atoms with E-state index in [0.717, 1.165) is 24.8 Å². The third-order valence-electron chi connectivity index (χ3n) is 3.75. The third-order valence-corrected chi connectivity index (χ3v) is 6.03.